The Kier molecular flexibility index (Phi) is 3.16. The summed E-state index contributed by atoms with van der Waals surface area (Å²) in [7, 11) is 0. The normalized spacial score (nSPS) is 21.9. The second kappa shape index (κ2) is 4.98. The van der Waals surface area contributed by atoms with Crippen LogP contribution in [0.4, 0.5) is 10.5 Å². The summed E-state index contributed by atoms with van der Waals surface area (Å²) >= 11 is 0. The first-order valence-corrected chi connectivity index (χ1v) is 6.46. The molecule has 4 nitrogen and oxygen atoms in total. The molecular weight excluding hydrogens is 254 g/mol. The van der Waals surface area contributed by atoms with Gasteiger partial charge in [0.25, 0.3) is 0 Å². The summed E-state index contributed by atoms with van der Waals surface area (Å²) in [6, 6.07) is 18.7. The Balaban J connectivity index is 2.12. The maximum Gasteiger partial charge on any atom is 0.415 e. The van der Waals surface area contributed by atoms with Crippen molar-refractivity contribution in [2.45, 2.75) is 5.54 Å². The monoisotopic (exact) mass is 269 g/mol. The zero-order chi connectivity index (χ0) is 14.0. The molecule has 20 heavy (non-hydrogen) atoms. The van der Waals surface area contributed by atoms with E-state index in [1.165, 1.54) is 4.90 Å². The number of aliphatic hydroxyl groups is 1. The average molecular weight is 269 g/mol. The Bertz CT molecular complexity index is 600. The van der Waals surface area contributed by atoms with Gasteiger partial charge in [-0.1, -0.05) is 48.5 Å². The van der Waals surface area contributed by atoms with Crippen LogP contribution in [0.25, 0.3) is 0 Å². The van der Waals surface area contributed by atoms with Gasteiger partial charge in [0.15, 0.2) is 0 Å². The number of hydrogen-bond acceptors (Lipinski definition) is 3. The van der Waals surface area contributed by atoms with Crippen LogP contribution in [0.5, 0.6) is 0 Å². The molecule has 1 aliphatic heterocycles. The standard InChI is InChI=1S/C16H15NO3/c18-11-16(13-7-3-1-4-8-13)12-20-15(19)17(16)14-9-5-2-6-10-14/h1-10,18H,11-12H2/t16-/m0/s1. The zero-order valence-corrected chi connectivity index (χ0v) is 10.9. The van der Waals surface area contributed by atoms with Crippen molar-refractivity contribution in [3.8, 4) is 0 Å². The number of para-hydroxylation sites is 1. The van der Waals surface area contributed by atoms with E-state index in [-0.39, 0.29) is 13.2 Å². The van der Waals surface area contributed by atoms with Crippen molar-refractivity contribution < 1.29 is 14.6 Å². The number of carbonyl (C=O) groups is 1. The number of anilines is 1. The van der Waals surface area contributed by atoms with Gasteiger partial charge in [0.2, 0.25) is 0 Å². The number of hydrogen-bond donors (Lipinski definition) is 1. The third kappa shape index (κ3) is 1.85. The molecule has 0 radical (unpaired) electrons. The number of nitrogens with zero attached hydrogens (tertiary/aromatic N) is 1. The van der Waals surface area contributed by atoms with Crippen LogP contribution in [-0.2, 0) is 10.3 Å². The Morgan fingerprint density at radius 3 is 2.25 bits per heavy atom. The molecule has 4 heteroatoms. The number of aliphatic hydroxyl groups excluding tert-OH is 1. The van der Waals surface area contributed by atoms with E-state index in [0.717, 1.165) is 5.56 Å². The lowest BCUT2D eigenvalue weighted by atomic mass is 9.90. The van der Waals surface area contributed by atoms with Gasteiger partial charge >= 0.3 is 6.09 Å². The largest absolute Gasteiger partial charge is 0.446 e. The number of benzene rings is 2. The van der Waals surface area contributed by atoms with Gasteiger partial charge in [-0.15, -0.1) is 0 Å². The second-order valence-corrected chi connectivity index (χ2v) is 4.78. The SMILES string of the molecule is O=C1OC[C@@](CO)(c2ccccc2)N1c1ccccc1. The van der Waals surface area contributed by atoms with Gasteiger partial charge in [0, 0.05) is 5.69 Å². The van der Waals surface area contributed by atoms with Crippen LogP contribution in [0, 0.1) is 0 Å². The highest BCUT2D eigenvalue weighted by Gasteiger charge is 2.49. The molecule has 0 bridgehead atoms. The average Bonchev–Trinajstić information content (AvgIpc) is 2.87. The first-order chi connectivity index (χ1) is 9.78. The summed E-state index contributed by atoms with van der Waals surface area (Å²) in [5.74, 6) is 0. The van der Waals surface area contributed by atoms with Crippen molar-refractivity contribution in [3.63, 3.8) is 0 Å². The van der Waals surface area contributed by atoms with Crippen LogP contribution >= 0.6 is 0 Å². The smallest absolute Gasteiger partial charge is 0.415 e. The number of amides is 1. The van der Waals surface area contributed by atoms with Crippen LogP contribution in [0.3, 0.4) is 0 Å². The Hall–Kier alpha value is -2.33. The number of ether oxygens (including phenoxy) is 1. The van der Waals surface area contributed by atoms with Crippen molar-refractivity contribution >= 4 is 11.8 Å². The molecule has 2 aromatic carbocycles. The molecule has 1 saturated heterocycles. The molecule has 1 fully saturated rings. The van der Waals surface area contributed by atoms with Crippen LogP contribution in [0.2, 0.25) is 0 Å². The lowest BCUT2D eigenvalue weighted by Gasteiger charge is -2.34. The van der Waals surface area contributed by atoms with Gasteiger partial charge in [-0.25, -0.2) is 4.79 Å². The number of rotatable bonds is 3. The summed E-state index contributed by atoms with van der Waals surface area (Å²) < 4.78 is 5.21. The van der Waals surface area contributed by atoms with E-state index in [4.69, 9.17) is 4.74 Å². The summed E-state index contributed by atoms with van der Waals surface area (Å²) in [6.07, 6.45) is -0.436. The van der Waals surface area contributed by atoms with E-state index in [1.54, 1.807) is 0 Å². The Labute approximate surface area is 117 Å². The van der Waals surface area contributed by atoms with Crippen molar-refractivity contribution in [2.75, 3.05) is 18.1 Å². The van der Waals surface area contributed by atoms with Crippen LogP contribution in [-0.4, -0.2) is 24.4 Å². The second-order valence-electron chi connectivity index (χ2n) is 4.78. The molecule has 0 spiro atoms. The van der Waals surface area contributed by atoms with Crippen molar-refractivity contribution in [1.82, 2.24) is 0 Å². The number of cyclic esters (lactones) is 1. The minimum Gasteiger partial charge on any atom is -0.446 e. The predicted octanol–water partition coefficient (Wildman–Crippen LogP) is 2.53. The van der Waals surface area contributed by atoms with Crippen LogP contribution in [0.1, 0.15) is 5.56 Å². The summed E-state index contributed by atoms with van der Waals surface area (Å²) in [5, 5.41) is 9.95. The molecule has 1 atom stereocenters. The van der Waals surface area contributed by atoms with Crippen molar-refractivity contribution in [3.05, 3.63) is 66.2 Å². The summed E-state index contributed by atoms with van der Waals surface area (Å²) in [5.41, 5.74) is 0.713. The van der Waals surface area contributed by atoms with Gasteiger partial charge in [0.1, 0.15) is 12.1 Å². The maximum absolute atomic E-state index is 12.1. The van der Waals surface area contributed by atoms with Gasteiger partial charge < -0.3 is 9.84 Å². The van der Waals surface area contributed by atoms with Gasteiger partial charge in [-0.05, 0) is 17.7 Å². The fraction of sp³-hybridized carbons (Fsp3) is 0.188. The highest BCUT2D eigenvalue weighted by Crippen LogP contribution is 2.38. The molecule has 2 aromatic rings. The minimum atomic E-state index is -0.861. The molecule has 1 N–H and O–H groups in total. The van der Waals surface area contributed by atoms with Gasteiger partial charge in [-0.3, -0.25) is 4.90 Å². The van der Waals surface area contributed by atoms with Crippen molar-refractivity contribution in [1.29, 1.82) is 0 Å². The van der Waals surface area contributed by atoms with E-state index in [1.807, 2.05) is 60.7 Å². The first kappa shape index (κ1) is 12.7. The van der Waals surface area contributed by atoms with Gasteiger partial charge in [-0.2, -0.15) is 0 Å². The fourth-order valence-corrected chi connectivity index (χ4v) is 2.58. The quantitative estimate of drug-likeness (QED) is 0.931. The fourth-order valence-electron chi connectivity index (χ4n) is 2.58. The summed E-state index contributed by atoms with van der Waals surface area (Å²) in [4.78, 5) is 13.6. The van der Waals surface area contributed by atoms with Crippen LogP contribution < -0.4 is 4.90 Å². The molecule has 3 rings (SSSR count). The lowest BCUT2D eigenvalue weighted by molar-refractivity contribution is 0.148. The zero-order valence-electron chi connectivity index (χ0n) is 10.9. The molecule has 1 heterocycles. The third-order valence-electron chi connectivity index (χ3n) is 3.63. The minimum absolute atomic E-state index is 0.140. The molecule has 1 aliphatic rings. The molecular formula is C16H15NO3. The maximum atomic E-state index is 12.1. The Morgan fingerprint density at radius 2 is 1.65 bits per heavy atom. The van der Waals surface area contributed by atoms with E-state index >= 15 is 0 Å². The summed E-state index contributed by atoms with van der Waals surface area (Å²) in [6.45, 7) is -0.0567. The molecule has 102 valence electrons. The molecule has 1 amide bonds. The molecule has 0 aliphatic carbocycles. The highest BCUT2D eigenvalue weighted by atomic mass is 16.6. The van der Waals surface area contributed by atoms with E-state index in [9.17, 15) is 9.90 Å². The van der Waals surface area contributed by atoms with Crippen LogP contribution in [0.15, 0.2) is 60.7 Å². The third-order valence-corrected chi connectivity index (χ3v) is 3.63. The van der Waals surface area contributed by atoms with Crippen molar-refractivity contribution in [2.24, 2.45) is 0 Å². The molecule has 0 unspecified atom stereocenters. The lowest BCUT2D eigenvalue weighted by Crippen LogP contribution is -2.47. The molecule has 0 saturated carbocycles. The van der Waals surface area contributed by atoms with E-state index < -0.39 is 11.6 Å². The van der Waals surface area contributed by atoms with Gasteiger partial charge in [0.05, 0.1) is 6.61 Å². The topological polar surface area (TPSA) is 49.8 Å². The van der Waals surface area contributed by atoms with E-state index in [2.05, 4.69) is 0 Å². The highest BCUT2D eigenvalue weighted by molar-refractivity contribution is 5.92. The first-order valence-electron chi connectivity index (χ1n) is 6.46. The Morgan fingerprint density at radius 1 is 1.05 bits per heavy atom. The number of carbonyl (C=O) groups excluding carboxylic acids is 1. The van der Waals surface area contributed by atoms with E-state index in [0.29, 0.717) is 5.69 Å². The predicted molar refractivity (Wildman–Crippen MR) is 75.5 cm³/mol. The molecule has 0 aromatic heterocycles.